The Morgan fingerprint density at radius 1 is 1.04 bits per heavy atom. The number of carbonyl (C=O) groups is 3. The van der Waals surface area contributed by atoms with Crippen molar-refractivity contribution in [2.75, 3.05) is 6.54 Å². The maximum Gasteiger partial charge on any atom is 0.262 e. The molecular formula is C38H41F2N5O7S. The summed E-state index contributed by atoms with van der Waals surface area (Å²) < 4.78 is 66.2. The third kappa shape index (κ3) is 7.90. The molecule has 3 fully saturated rings. The molecule has 12 nitrogen and oxygen atoms in total. The standard InChI is InChI=1S/C38H41F2N5O7S/c1-38(16-17-38)53(49,50)44-36(48)27-18-23(27)8-6-4-2-3-5-7-9-31(46)45-21-26(20-29(45)34(41)47)51-37-33-32(28-19-25(40)14-15-30(28)52-33)42-35(43-37)22-10-12-24(39)13-11-22/h6,8,10-15,19,23,26-27,29H,2-5,7,9,16-18,20-21H2,1H3,(H2,41,47)(H,44,48)/b8-6-/t23-,26-,27+,29+/m1/s1. The Morgan fingerprint density at radius 2 is 1.77 bits per heavy atom. The van der Waals surface area contributed by atoms with Crippen LogP contribution in [0.3, 0.4) is 0 Å². The van der Waals surface area contributed by atoms with Crippen molar-refractivity contribution < 1.29 is 40.7 Å². The number of allylic oxidation sites excluding steroid dienone is 2. The molecule has 3 amide bonds. The number of likely N-dealkylation sites (tertiary alicyclic amines) is 1. The summed E-state index contributed by atoms with van der Waals surface area (Å²) in [7, 11) is -3.62. The molecule has 1 saturated heterocycles. The van der Waals surface area contributed by atoms with Crippen LogP contribution in [-0.4, -0.2) is 64.4 Å². The molecule has 3 N–H and O–H groups in total. The van der Waals surface area contributed by atoms with E-state index in [1.807, 2.05) is 12.2 Å². The average molecular weight is 750 g/mol. The van der Waals surface area contributed by atoms with E-state index in [0.29, 0.717) is 47.7 Å². The van der Waals surface area contributed by atoms with Gasteiger partial charge in [-0.05, 0) is 93.8 Å². The number of aromatic nitrogens is 2. The lowest BCUT2D eigenvalue weighted by Gasteiger charge is -2.21. The van der Waals surface area contributed by atoms with Gasteiger partial charge in [0.05, 0.1) is 11.3 Å². The van der Waals surface area contributed by atoms with Crippen LogP contribution in [-0.2, 0) is 24.4 Å². The number of benzene rings is 2. The summed E-state index contributed by atoms with van der Waals surface area (Å²) in [5, 5.41) is 0.402. The van der Waals surface area contributed by atoms with Gasteiger partial charge in [-0.2, -0.15) is 4.98 Å². The van der Waals surface area contributed by atoms with Crippen LogP contribution in [0.15, 0.2) is 59.0 Å². The Morgan fingerprint density at radius 3 is 2.51 bits per heavy atom. The molecule has 3 aliphatic rings. The number of furan rings is 1. The van der Waals surface area contributed by atoms with Crippen molar-refractivity contribution in [2.45, 2.75) is 88.0 Å². The molecule has 0 spiro atoms. The highest BCUT2D eigenvalue weighted by Gasteiger charge is 2.52. The maximum atomic E-state index is 14.2. The van der Waals surface area contributed by atoms with E-state index in [2.05, 4.69) is 14.7 Å². The molecule has 7 rings (SSSR count). The molecule has 0 bridgehead atoms. The van der Waals surface area contributed by atoms with E-state index in [1.165, 1.54) is 47.4 Å². The number of nitrogens with one attached hydrogen (secondary N) is 1. The number of sulfonamides is 1. The zero-order chi connectivity index (χ0) is 37.5. The first kappa shape index (κ1) is 36.4. The molecule has 2 aromatic carbocycles. The van der Waals surface area contributed by atoms with Gasteiger partial charge in [0.1, 0.15) is 34.9 Å². The predicted octanol–water partition coefficient (Wildman–Crippen LogP) is 5.69. The minimum atomic E-state index is -3.62. The summed E-state index contributed by atoms with van der Waals surface area (Å²) in [6.45, 7) is 1.75. The van der Waals surface area contributed by atoms with E-state index in [4.69, 9.17) is 14.9 Å². The molecule has 280 valence electrons. The number of fused-ring (bicyclic) bond motifs is 3. The second-order valence-corrected chi connectivity index (χ2v) is 16.7. The van der Waals surface area contributed by atoms with Crippen LogP contribution >= 0.6 is 0 Å². The molecule has 53 heavy (non-hydrogen) atoms. The number of nitrogens with zero attached hydrogens (tertiary/aromatic N) is 3. The maximum absolute atomic E-state index is 14.2. The van der Waals surface area contributed by atoms with Crippen molar-refractivity contribution in [3.8, 4) is 17.3 Å². The van der Waals surface area contributed by atoms with Crippen molar-refractivity contribution >= 4 is 49.8 Å². The van der Waals surface area contributed by atoms with Gasteiger partial charge in [0.15, 0.2) is 5.82 Å². The van der Waals surface area contributed by atoms with Crippen molar-refractivity contribution in [3.05, 3.63) is 66.3 Å². The number of unbranched alkanes of at least 4 members (excludes halogenated alkanes) is 4. The summed E-state index contributed by atoms with van der Waals surface area (Å²) in [5.41, 5.74) is 7.04. The van der Waals surface area contributed by atoms with Gasteiger partial charge < -0.3 is 19.8 Å². The molecule has 3 heterocycles. The topological polar surface area (TPSA) is 175 Å². The van der Waals surface area contributed by atoms with E-state index in [0.717, 1.165) is 25.7 Å². The predicted molar refractivity (Wildman–Crippen MR) is 192 cm³/mol. The first-order valence-corrected chi connectivity index (χ1v) is 19.4. The Balaban J connectivity index is 0.910. The smallest absolute Gasteiger partial charge is 0.262 e. The number of primary amides is 1. The van der Waals surface area contributed by atoms with Gasteiger partial charge in [-0.15, -0.1) is 0 Å². The van der Waals surface area contributed by atoms with Crippen LogP contribution in [0.25, 0.3) is 33.5 Å². The van der Waals surface area contributed by atoms with E-state index < -0.39 is 50.4 Å². The monoisotopic (exact) mass is 749 g/mol. The third-order valence-electron chi connectivity index (χ3n) is 10.4. The fraction of sp³-hybridized carbons (Fsp3) is 0.447. The number of nitrogens with two attached hydrogens (primary N) is 1. The van der Waals surface area contributed by atoms with Crippen LogP contribution < -0.4 is 15.2 Å². The van der Waals surface area contributed by atoms with E-state index in [-0.39, 0.29) is 54.4 Å². The Labute approximate surface area is 305 Å². The number of hydrogen-bond acceptors (Lipinski definition) is 9. The van der Waals surface area contributed by atoms with Crippen molar-refractivity contribution in [1.82, 2.24) is 19.6 Å². The summed E-state index contributed by atoms with van der Waals surface area (Å²) in [6, 6.07) is 8.72. The Kier molecular flexibility index (Phi) is 9.96. The largest absolute Gasteiger partial charge is 0.470 e. The first-order chi connectivity index (χ1) is 25.3. The SMILES string of the molecule is CC1(S(=O)(=O)NC(=O)[C@H]2C[C@H]2/C=C\CCCCCCC(=O)N2C[C@H](Oc3nc(-c4ccc(F)cc4)nc4c3oc3ccc(F)cc34)C[C@H]2C(N)=O)CC1. The number of ether oxygens (including phenoxy) is 1. The van der Waals surface area contributed by atoms with Gasteiger partial charge in [0.25, 0.3) is 5.88 Å². The molecule has 0 radical (unpaired) electrons. The van der Waals surface area contributed by atoms with E-state index >= 15 is 0 Å². The zero-order valence-corrected chi connectivity index (χ0v) is 30.0. The Hall–Kier alpha value is -4.92. The molecule has 4 aromatic rings. The summed E-state index contributed by atoms with van der Waals surface area (Å²) in [4.78, 5) is 48.7. The van der Waals surface area contributed by atoms with Crippen LogP contribution in [0.4, 0.5) is 8.78 Å². The number of rotatable bonds is 15. The van der Waals surface area contributed by atoms with Crippen LogP contribution in [0.5, 0.6) is 5.88 Å². The van der Waals surface area contributed by atoms with Crippen molar-refractivity contribution in [2.24, 2.45) is 17.6 Å². The molecule has 4 atom stereocenters. The van der Waals surface area contributed by atoms with Gasteiger partial charge in [-0.25, -0.2) is 22.2 Å². The molecule has 15 heteroatoms. The fourth-order valence-corrected chi connectivity index (χ4v) is 8.10. The molecule has 1 aliphatic heterocycles. The molecule has 2 aliphatic carbocycles. The van der Waals surface area contributed by atoms with Crippen molar-refractivity contribution in [1.29, 1.82) is 0 Å². The highest BCUT2D eigenvalue weighted by molar-refractivity contribution is 7.91. The normalized spacial score (nSPS) is 22.1. The van der Waals surface area contributed by atoms with Crippen LogP contribution in [0.1, 0.15) is 71.1 Å². The highest BCUT2D eigenvalue weighted by Crippen LogP contribution is 2.44. The molecular weight excluding hydrogens is 709 g/mol. The summed E-state index contributed by atoms with van der Waals surface area (Å²) in [6.07, 6.45) is 9.53. The number of amides is 3. The first-order valence-electron chi connectivity index (χ1n) is 18.0. The summed E-state index contributed by atoms with van der Waals surface area (Å²) >= 11 is 0. The lowest BCUT2D eigenvalue weighted by atomic mass is 10.1. The van der Waals surface area contributed by atoms with Gasteiger partial charge in [0, 0.05) is 29.7 Å². The average Bonchev–Trinajstić information content (AvgIpc) is 3.99. The lowest BCUT2D eigenvalue weighted by Crippen LogP contribution is -2.43. The molecule has 2 saturated carbocycles. The minimum absolute atomic E-state index is 0.0407. The van der Waals surface area contributed by atoms with Gasteiger partial charge >= 0.3 is 0 Å². The Bertz CT molecular complexity index is 2200. The molecule has 0 unspecified atom stereocenters. The number of hydrogen-bond donors (Lipinski definition) is 2. The van der Waals surface area contributed by atoms with E-state index in [9.17, 15) is 31.6 Å². The molecule has 2 aromatic heterocycles. The quantitative estimate of drug-likeness (QED) is 0.114. The number of halogens is 2. The van der Waals surface area contributed by atoms with Crippen LogP contribution in [0, 0.1) is 23.5 Å². The zero-order valence-electron chi connectivity index (χ0n) is 29.2. The van der Waals surface area contributed by atoms with E-state index in [1.54, 1.807) is 6.92 Å². The van der Waals surface area contributed by atoms with Gasteiger partial charge in [-0.3, -0.25) is 19.1 Å². The third-order valence-corrected chi connectivity index (χ3v) is 12.6. The number of carbonyl (C=O) groups excluding carboxylic acids is 3. The van der Waals surface area contributed by atoms with Crippen molar-refractivity contribution in [3.63, 3.8) is 0 Å². The van der Waals surface area contributed by atoms with Crippen LogP contribution in [0.2, 0.25) is 0 Å². The summed E-state index contributed by atoms with van der Waals surface area (Å²) in [5.74, 6) is -2.21. The minimum Gasteiger partial charge on any atom is -0.470 e. The lowest BCUT2D eigenvalue weighted by molar-refractivity contribution is -0.137. The second-order valence-electron chi connectivity index (χ2n) is 14.5. The van der Waals surface area contributed by atoms with Gasteiger partial charge in [-0.1, -0.05) is 25.0 Å². The second kappa shape index (κ2) is 14.5. The highest BCUT2D eigenvalue weighted by atomic mass is 32.2. The van der Waals surface area contributed by atoms with Gasteiger partial charge in [0.2, 0.25) is 33.3 Å². The fourth-order valence-electron chi connectivity index (χ4n) is 6.80.